The molecule has 0 spiro atoms. The van der Waals surface area contributed by atoms with E-state index >= 15 is 0 Å². The van der Waals surface area contributed by atoms with E-state index in [4.69, 9.17) is 0 Å². The minimum absolute atomic E-state index is 0.224. The first kappa shape index (κ1) is 13.9. The van der Waals surface area contributed by atoms with Crippen molar-refractivity contribution < 1.29 is 10.2 Å². The van der Waals surface area contributed by atoms with Crippen LogP contribution in [-0.2, 0) is 0 Å². The molecular weight excluding hydrogens is 176 g/mol. The van der Waals surface area contributed by atoms with Gasteiger partial charge in [-0.2, -0.15) is 0 Å². The fraction of sp³-hybridized carbons (Fsp3) is 1.00. The molecule has 14 heavy (non-hydrogen) atoms. The highest BCUT2D eigenvalue weighted by molar-refractivity contribution is 4.68. The first-order valence-electron chi connectivity index (χ1n) is 5.86. The van der Waals surface area contributed by atoms with Crippen LogP contribution in [0.5, 0.6) is 0 Å². The van der Waals surface area contributed by atoms with Crippen LogP contribution in [0.1, 0.15) is 65.7 Å². The maximum atomic E-state index is 9.60. The predicted octanol–water partition coefficient (Wildman–Crippen LogP) is 2.87. The summed E-state index contributed by atoms with van der Waals surface area (Å²) in [7, 11) is 0. The van der Waals surface area contributed by atoms with Gasteiger partial charge < -0.3 is 10.2 Å². The Morgan fingerprint density at radius 2 is 1.71 bits per heavy atom. The second-order valence-corrected chi connectivity index (χ2v) is 4.85. The maximum absolute atomic E-state index is 9.60. The van der Waals surface area contributed by atoms with E-state index in [1.54, 1.807) is 13.8 Å². The minimum atomic E-state index is -0.635. The van der Waals surface area contributed by atoms with Gasteiger partial charge in [-0.3, -0.25) is 0 Å². The normalized spacial score (nSPS) is 14.4. The lowest BCUT2D eigenvalue weighted by Crippen LogP contribution is -2.21. The number of hydrogen-bond acceptors (Lipinski definition) is 2. The summed E-state index contributed by atoms with van der Waals surface area (Å²) in [6, 6.07) is 0. The molecule has 0 amide bonds. The van der Waals surface area contributed by atoms with Crippen LogP contribution in [0.2, 0.25) is 0 Å². The van der Waals surface area contributed by atoms with Crippen molar-refractivity contribution in [1.29, 1.82) is 0 Å². The highest BCUT2D eigenvalue weighted by Gasteiger charge is 2.14. The number of hydrogen-bond donors (Lipinski definition) is 2. The molecule has 0 aromatic carbocycles. The van der Waals surface area contributed by atoms with Gasteiger partial charge in [-0.25, -0.2) is 0 Å². The second kappa shape index (κ2) is 7.24. The van der Waals surface area contributed by atoms with E-state index in [1.807, 2.05) is 0 Å². The molecule has 86 valence electrons. The average molecular weight is 202 g/mol. The van der Waals surface area contributed by atoms with Gasteiger partial charge in [0.05, 0.1) is 11.7 Å². The van der Waals surface area contributed by atoms with E-state index in [2.05, 4.69) is 6.92 Å². The molecule has 2 nitrogen and oxygen atoms in total. The van der Waals surface area contributed by atoms with Crippen LogP contribution in [0.3, 0.4) is 0 Å². The van der Waals surface area contributed by atoms with Gasteiger partial charge in [-0.05, 0) is 33.1 Å². The van der Waals surface area contributed by atoms with Crippen molar-refractivity contribution >= 4 is 0 Å². The van der Waals surface area contributed by atoms with E-state index in [0.29, 0.717) is 6.42 Å². The summed E-state index contributed by atoms with van der Waals surface area (Å²) in [4.78, 5) is 0. The van der Waals surface area contributed by atoms with E-state index in [1.165, 1.54) is 19.3 Å². The van der Waals surface area contributed by atoms with Gasteiger partial charge >= 0.3 is 0 Å². The van der Waals surface area contributed by atoms with Crippen LogP contribution in [0.15, 0.2) is 0 Å². The monoisotopic (exact) mass is 202 g/mol. The molecule has 0 aliphatic heterocycles. The van der Waals surface area contributed by atoms with Crippen LogP contribution < -0.4 is 0 Å². The molecule has 2 N–H and O–H groups in total. The lowest BCUT2D eigenvalue weighted by molar-refractivity contribution is 0.0465. The quantitative estimate of drug-likeness (QED) is 0.594. The summed E-state index contributed by atoms with van der Waals surface area (Å²) in [6.07, 6.45) is 6.89. The molecule has 2 heteroatoms. The number of rotatable bonds is 8. The van der Waals surface area contributed by atoms with Gasteiger partial charge in [0, 0.05) is 0 Å². The maximum Gasteiger partial charge on any atom is 0.0592 e. The van der Waals surface area contributed by atoms with E-state index in [9.17, 15) is 10.2 Å². The molecule has 0 aliphatic rings. The fourth-order valence-electron chi connectivity index (χ4n) is 1.47. The van der Waals surface area contributed by atoms with Crippen molar-refractivity contribution in [1.82, 2.24) is 0 Å². The zero-order valence-corrected chi connectivity index (χ0v) is 9.92. The summed E-state index contributed by atoms with van der Waals surface area (Å²) in [5, 5.41) is 19.1. The topological polar surface area (TPSA) is 40.5 Å². The molecule has 0 rings (SSSR count). The van der Waals surface area contributed by atoms with Gasteiger partial charge in [0.2, 0.25) is 0 Å². The van der Waals surface area contributed by atoms with Gasteiger partial charge in [-0.15, -0.1) is 0 Å². The largest absolute Gasteiger partial charge is 0.393 e. The molecule has 0 aromatic rings. The van der Waals surface area contributed by atoms with Crippen molar-refractivity contribution in [2.24, 2.45) is 0 Å². The molecule has 0 heterocycles. The lowest BCUT2D eigenvalue weighted by Gasteiger charge is -2.19. The standard InChI is InChI=1S/C12H26O2/c1-4-5-6-7-8-11(13)9-10-12(2,3)14/h11,13-14H,4-10H2,1-3H3. The Morgan fingerprint density at radius 1 is 1.07 bits per heavy atom. The van der Waals surface area contributed by atoms with Crippen LogP contribution in [-0.4, -0.2) is 21.9 Å². The third-order valence-electron chi connectivity index (χ3n) is 2.48. The van der Waals surface area contributed by atoms with E-state index < -0.39 is 5.60 Å². The highest BCUT2D eigenvalue weighted by atomic mass is 16.3. The Kier molecular flexibility index (Phi) is 7.20. The Balaban J connectivity index is 3.32. The van der Waals surface area contributed by atoms with Crippen molar-refractivity contribution in [3.05, 3.63) is 0 Å². The molecule has 0 bridgehead atoms. The molecule has 0 saturated heterocycles. The number of unbranched alkanes of at least 4 members (excludes halogenated alkanes) is 3. The second-order valence-electron chi connectivity index (χ2n) is 4.85. The van der Waals surface area contributed by atoms with Gasteiger partial charge in [-0.1, -0.05) is 32.6 Å². The molecule has 0 aromatic heterocycles. The predicted molar refractivity (Wildman–Crippen MR) is 60.3 cm³/mol. The van der Waals surface area contributed by atoms with Gasteiger partial charge in [0.25, 0.3) is 0 Å². The minimum Gasteiger partial charge on any atom is -0.393 e. The highest BCUT2D eigenvalue weighted by Crippen LogP contribution is 2.15. The Labute approximate surface area is 88.3 Å². The summed E-state index contributed by atoms with van der Waals surface area (Å²) in [5.74, 6) is 0. The van der Waals surface area contributed by atoms with Crippen LogP contribution in [0, 0.1) is 0 Å². The third kappa shape index (κ3) is 10.0. The summed E-state index contributed by atoms with van der Waals surface area (Å²) in [5.41, 5.74) is -0.635. The van der Waals surface area contributed by atoms with Gasteiger partial charge in [0.1, 0.15) is 0 Å². The van der Waals surface area contributed by atoms with E-state index in [-0.39, 0.29) is 6.10 Å². The van der Waals surface area contributed by atoms with Crippen molar-refractivity contribution in [3.63, 3.8) is 0 Å². The Bertz CT molecular complexity index is 127. The molecule has 1 atom stereocenters. The summed E-state index contributed by atoms with van der Waals surface area (Å²) >= 11 is 0. The van der Waals surface area contributed by atoms with Crippen molar-refractivity contribution in [3.8, 4) is 0 Å². The van der Waals surface area contributed by atoms with Crippen molar-refractivity contribution in [2.45, 2.75) is 77.4 Å². The molecule has 0 radical (unpaired) electrons. The van der Waals surface area contributed by atoms with Crippen LogP contribution in [0.4, 0.5) is 0 Å². The fourth-order valence-corrected chi connectivity index (χ4v) is 1.47. The zero-order chi connectivity index (χ0) is 11.0. The summed E-state index contributed by atoms with van der Waals surface area (Å²) < 4.78 is 0. The van der Waals surface area contributed by atoms with E-state index in [0.717, 1.165) is 19.3 Å². The Morgan fingerprint density at radius 3 is 2.21 bits per heavy atom. The lowest BCUT2D eigenvalue weighted by atomic mass is 9.98. The Hall–Kier alpha value is -0.0800. The van der Waals surface area contributed by atoms with Gasteiger partial charge in [0.15, 0.2) is 0 Å². The van der Waals surface area contributed by atoms with Crippen LogP contribution >= 0.6 is 0 Å². The molecule has 0 aliphatic carbocycles. The summed E-state index contributed by atoms with van der Waals surface area (Å²) in [6.45, 7) is 5.76. The zero-order valence-electron chi connectivity index (χ0n) is 9.92. The molecule has 0 fully saturated rings. The molecule has 0 saturated carbocycles. The smallest absolute Gasteiger partial charge is 0.0592 e. The average Bonchev–Trinajstić information content (AvgIpc) is 2.08. The SMILES string of the molecule is CCCCCCC(O)CCC(C)(C)O. The molecule has 1 unspecified atom stereocenters. The first-order chi connectivity index (χ1) is 6.45. The van der Waals surface area contributed by atoms with Crippen molar-refractivity contribution in [2.75, 3.05) is 0 Å². The molecular formula is C12H26O2. The third-order valence-corrected chi connectivity index (χ3v) is 2.48. The van der Waals surface area contributed by atoms with Crippen LogP contribution in [0.25, 0.3) is 0 Å². The number of aliphatic hydroxyl groups is 2. The number of aliphatic hydroxyl groups excluding tert-OH is 1. The first-order valence-corrected chi connectivity index (χ1v) is 5.86.